The van der Waals surface area contributed by atoms with Crippen molar-refractivity contribution in [2.75, 3.05) is 18.5 Å². The molecule has 68 valence electrons. The first-order valence-corrected chi connectivity index (χ1v) is 4.60. The van der Waals surface area contributed by atoms with Crippen LogP contribution in [-0.2, 0) is 0 Å². The van der Waals surface area contributed by atoms with E-state index in [4.69, 9.17) is 0 Å². The summed E-state index contributed by atoms with van der Waals surface area (Å²) in [4.78, 5) is 2.16. The van der Waals surface area contributed by atoms with E-state index >= 15 is 0 Å². The molecule has 1 N–H and O–H groups in total. The van der Waals surface area contributed by atoms with Gasteiger partial charge in [0.2, 0.25) is 0 Å². The predicted molar refractivity (Wildman–Crippen MR) is 51.6 cm³/mol. The van der Waals surface area contributed by atoms with E-state index in [-0.39, 0.29) is 6.10 Å². The van der Waals surface area contributed by atoms with E-state index in [9.17, 15) is 5.11 Å². The molecule has 1 aromatic carbocycles. The van der Waals surface area contributed by atoms with Crippen LogP contribution in [-0.4, -0.2) is 18.7 Å². The van der Waals surface area contributed by atoms with Crippen molar-refractivity contribution in [3.63, 3.8) is 0 Å². The largest absolute Gasteiger partial charge is 0.388 e. The first-order chi connectivity index (χ1) is 6.29. The van der Waals surface area contributed by atoms with E-state index in [1.807, 2.05) is 19.2 Å². The molecule has 1 aromatic rings. The van der Waals surface area contributed by atoms with Gasteiger partial charge in [0.1, 0.15) is 0 Å². The number of nitrogens with zero attached hydrogens (tertiary/aromatic N) is 1. The van der Waals surface area contributed by atoms with Crippen LogP contribution in [0.5, 0.6) is 0 Å². The summed E-state index contributed by atoms with van der Waals surface area (Å²) in [6, 6.07) is 9.71. The van der Waals surface area contributed by atoms with Crippen molar-refractivity contribution in [2.24, 2.45) is 0 Å². The highest BCUT2D eigenvalue weighted by Gasteiger charge is 2.18. The van der Waals surface area contributed by atoms with Gasteiger partial charge in [-0.3, -0.25) is 0 Å². The van der Waals surface area contributed by atoms with E-state index in [0.717, 1.165) is 30.6 Å². The molecule has 0 saturated heterocycles. The quantitative estimate of drug-likeness (QED) is 0.646. The van der Waals surface area contributed by atoms with E-state index < -0.39 is 0 Å². The van der Waals surface area contributed by atoms with Gasteiger partial charge in [0.05, 0.1) is 17.4 Å². The molecule has 2 heteroatoms. The molecule has 2 nitrogen and oxygen atoms in total. The molecular formula is C11H13NO. The summed E-state index contributed by atoms with van der Waals surface area (Å²) in [7, 11) is 2.05. The van der Waals surface area contributed by atoms with Gasteiger partial charge in [-0.15, -0.1) is 0 Å². The minimum absolute atomic E-state index is 0.364. The smallest absolute Gasteiger partial charge is 0.0889 e. The molecule has 1 aliphatic rings. The third kappa shape index (κ3) is 1.48. The molecule has 1 aliphatic heterocycles. The molecule has 13 heavy (non-hydrogen) atoms. The number of rotatable bonds is 0. The predicted octanol–water partition coefficient (Wildman–Crippen LogP) is 1.55. The minimum atomic E-state index is -0.364. The van der Waals surface area contributed by atoms with Crippen molar-refractivity contribution >= 4 is 5.69 Å². The number of aliphatic hydroxyl groups excluding tert-OH is 1. The van der Waals surface area contributed by atoms with E-state index in [2.05, 4.69) is 17.0 Å². The SMILES string of the molecule is CN1CCCC(O)c2c#cccc21. The second-order valence-corrected chi connectivity index (χ2v) is 3.48. The van der Waals surface area contributed by atoms with Crippen LogP contribution in [0.25, 0.3) is 0 Å². The number of hydrogen-bond donors (Lipinski definition) is 1. The topological polar surface area (TPSA) is 23.5 Å². The number of anilines is 1. The Hall–Kier alpha value is -1.20. The molecule has 0 amide bonds. The fourth-order valence-electron chi connectivity index (χ4n) is 1.77. The Labute approximate surface area is 78.8 Å². The zero-order valence-corrected chi connectivity index (χ0v) is 7.75. The highest BCUT2D eigenvalue weighted by Crippen LogP contribution is 2.29. The second kappa shape index (κ2) is 3.27. The lowest BCUT2D eigenvalue weighted by Crippen LogP contribution is -2.17. The van der Waals surface area contributed by atoms with Crippen LogP contribution < -0.4 is 4.90 Å². The molecule has 0 spiro atoms. The standard InChI is InChI=1S/C11H13NO/c1-12-8-4-7-11(13)9-5-2-3-6-10(9)12/h3,6,11,13H,4,7-8H2,1H3. The van der Waals surface area contributed by atoms with Gasteiger partial charge in [0, 0.05) is 13.6 Å². The van der Waals surface area contributed by atoms with Crippen molar-refractivity contribution in [2.45, 2.75) is 18.9 Å². The lowest BCUT2D eigenvalue weighted by atomic mass is 10.1. The van der Waals surface area contributed by atoms with Crippen LogP contribution in [0.3, 0.4) is 0 Å². The van der Waals surface area contributed by atoms with Crippen LogP contribution in [0.4, 0.5) is 5.69 Å². The maximum atomic E-state index is 9.78. The number of hydrogen-bond acceptors (Lipinski definition) is 2. The van der Waals surface area contributed by atoms with Crippen LogP contribution >= 0.6 is 0 Å². The minimum Gasteiger partial charge on any atom is -0.388 e. The fourth-order valence-corrected chi connectivity index (χ4v) is 1.77. The van der Waals surface area contributed by atoms with Gasteiger partial charge in [0.15, 0.2) is 0 Å². The van der Waals surface area contributed by atoms with Crippen molar-refractivity contribution in [1.29, 1.82) is 0 Å². The van der Waals surface area contributed by atoms with Gasteiger partial charge in [0.25, 0.3) is 0 Å². The van der Waals surface area contributed by atoms with Crippen molar-refractivity contribution < 1.29 is 5.11 Å². The second-order valence-electron chi connectivity index (χ2n) is 3.48. The summed E-state index contributed by atoms with van der Waals surface area (Å²) in [6.45, 7) is 1.00. The first kappa shape index (κ1) is 8.40. The van der Waals surface area contributed by atoms with E-state index in [0.29, 0.717) is 0 Å². The van der Waals surface area contributed by atoms with Crippen LogP contribution in [0, 0.1) is 12.1 Å². The third-order valence-electron chi connectivity index (χ3n) is 2.52. The summed E-state index contributed by atoms with van der Waals surface area (Å²) in [6.07, 6.45) is 1.49. The Balaban J connectivity index is 2.45. The average molecular weight is 175 g/mol. The highest BCUT2D eigenvalue weighted by molar-refractivity contribution is 5.52. The first-order valence-electron chi connectivity index (χ1n) is 4.60. The van der Waals surface area contributed by atoms with Gasteiger partial charge in [-0.05, 0) is 25.0 Å². The molecule has 1 unspecified atom stereocenters. The Morgan fingerprint density at radius 1 is 1.62 bits per heavy atom. The summed E-state index contributed by atoms with van der Waals surface area (Å²) in [5.41, 5.74) is 1.98. The van der Waals surface area contributed by atoms with Gasteiger partial charge in [-0.25, -0.2) is 0 Å². The van der Waals surface area contributed by atoms with Crippen molar-refractivity contribution in [1.82, 2.24) is 0 Å². The Morgan fingerprint density at radius 3 is 3.31 bits per heavy atom. The summed E-state index contributed by atoms with van der Waals surface area (Å²) >= 11 is 0. The van der Waals surface area contributed by atoms with Gasteiger partial charge in [-0.1, -0.05) is 12.1 Å². The Morgan fingerprint density at radius 2 is 2.46 bits per heavy atom. The fraction of sp³-hybridized carbons (Fsp3) is 0.455. The van der Waals surface area contributed by atoms with Gasteiger partial charge >= 0.3 is 0 Å². The summed E-state index contributed by atoms with van der Waals surface area (Å²) in [5.74, 6) is 0. The zero-order valence-electron chi connectivity index (χ0n) is 7.75. The van der Waals surface area contributed by atoms with Crippen LogP contribution in [0.2, 0.25) is 0 Å². The number of fused-ring (bicyclic) bond motifs is 1. The van der Waals surface area contributed by atoms with Gasteiger partial charge in [-0.2, -0.15) is 0 Å². The number of aliphatic hydroxyl groups is 1. The highest BCUT2D eigenvalue weighted by atomic mass is 16.3. The molecule has 0 saturated carbocycles. The Bertz CT molecular complexity index is 269. The molecule has 0 aromatic heterocycles. The molecule has 2 rings (SSSR count). The van der Waals surface area contributed by atoms with Crippen LogP contribution in [0.1, 0.15) is 24.5 Å². The van der Waals surface area contributed by atoms with Crippen molar-refractivity contribution in [3.05, 3.63) is 29.8 Å². The van der Waals surface area contributed by atoms with E-state index in [1.54, 1.807) is 0 Å². The average Bonchev–Trinajstić information content (AvgIpc) is 2.29. The Kier molecular flexibility index (Phi) is 2.12. The lowest BCUT2D eigenvalue weighted by molar-refractivity contribution is 0.168. The van der Waals surface area contributed by atoms with Gasteiger partial charge < -0.3 is 10.0 Å². The summed E-state index contributed by atoms with van der Waals surface area (Å²) in [5, 5.41) is 9.78. The maximum absolute atomic E-state index is 9.78. The molecule has 0 aliphatic carbocycles. The van der Waals surface area contributed by atoms with Crippen molar-refractivity contribution in [3.8, 4) is 0 Å². The molecule has 0 bridgehead atoms. The van der Waals surface area contributed by atoms with Crippen LogP contribution in [0.15, 0.2) is 12.1 Å². The van der Waals surface area contributed by atoms with E-state index in [1.165, 1.54) is 0 Å². The maximum Gasteiger partial charge on any atom is 0.0889 e. The molecule has 0 fully saturated rings. The third-order valence-corrected chi connectivity index (χ3v) is 2.52. The lowest BCUT2D eigenvalue weighted by Gasteiger charge is -2.17. The monoisotopic (exact) mass is 175 g/mol. The normalized spacial score (nSPS) is 21.7. The molecule has 1 heterocycles. The molecular weight excluding hydrogens is 162 g/mol. The zero-order chi connectivity index (χ0) is 9.26. The molecule has 0 radical (unpaired) electrons. The molecule has 1 atom stereocenters. The summed E-state index contributed by atoms with van der Waals surface area (Å²) < 4.78 is 0.